The summed E-state index contributed by atoms with van der Waals surface area (Å²) in [5, 5.41) is 38.0. The monoisotopic (exact) mass is 692 g/mol. The number of carbonyl (C=O) groups excluding carboxylic acids is 1. The summed E-state index contributed by atoms with van der Waals surface area (Å²) in [5.74, 6) is 0. The molecule has 0 N–H and O–H groups in total. The fourth-order valence-electron chi connectivity index (χ4n) is 7.18. The Morgan fingerprint density at radius 3 is 1.53 bits per heavy atom. The Bertz CT molecular complexity index is 1730. The summed E-state index contributed by atoms with van der Waals surface area (Å²) in [5.41, 5.74) is 5.03. The van der Waals surface area contributed by atoms with Crippen molar-refractivity contribution in [2.75, 3.05) is 33.3 Å². The van der Waals surface area contributed by atoms with Crippen LogP contribution in [0.1, 0.15) is 79.1 Å². The van der Waals surface area contributed by atoms with Gasteiger partial charge in [-0.05, 0) is 109 Å². The Morgan fingerprint density at radius 1 is 0.714 bits per heavy atom. The molecule has 1 aromatic carbocycles. The van der Waals surface area contributed by atoms with Crippen molar-refractivity contribution in [3.05, 3.63) is 75.2 Å². The van der Waals surface area contributed by atoms with E-state index in [9.17, 15) is 25.8 Å². The number of rotatable bonds is 5. The minimum atomic E-state index is -0.0899. The van der Waals surface area contributed by atoms with Crippen LogP contribution in [0.2, 0.25) is 0 Å². The smallest absolute Gasteiger partial charge is 0.226 e. The van der Waals surface area contributed by atoms with Crippen molar-refractivity contribution in [3.63, 3.8) is 0 Å². The molecule has 0 radical (unpaired) electrons. The molecule has 2 aliphatic carbocycles. The van der Waals surface area contributed by atoms with E-state index in [4.69, 9.17) is 17.0 Å². The average Bonchev–Trinajstić information content (AvgIpc) is 3.81. The number of hydrogen-bond acceptors (Lipinski definition) is 10. The van der Waals surface area contributed by atoms with Crippen molar-refractivity contribution in [1.29, 1.82) is 21.0 Å². The van der Waals surface area contributed by atoms with E-state index in [1.54, 1.807) is 7.11 Å². The lowest BCUT2D eigenvalue weighted by Crippen LogP contribution is -2.32. The van der Waals surface area contributed by atoms with Crippen molar-refractivity contribution in [3.8, 4) is 24.3 Å². The Morgan fingerprint density at radius 2 is 1.12 bits per heavy atom. The number of methoxy groups -OCH3 is 1. The molecule has 49 heavy (non-hydrogen) atoms. The van der Waals surface area contributed by atoms with Crippen molar-refractivity contribution in [2.24, 2.45) is 10.8 Å². The molecule has 2 saturated heterocycles. The number of benzene rings is 1. The summed E-state index contributed by atoms with van der Waals surface area (Å²) in [7, 11) is 1.55. The van der Waals surface area contributed by atoms with Crippen LogP contribution in [0, 0.1) is 56.2 Å². The molecule has 1 aromatic rings. The van der Waals surface area contributed by atoms with Crippen LogP contribution in [0.4, 0.5) is 0 Å². The summed E-state index contributed by atoms with van der Waals surface area (Å²) in [6.45, 7) is 12.5. The summed E-state index contributed by atoms with van der Waals surface area (Å²) in [6, 6.07) is 17.6. The molecule has 8 nitrogen and oxygen atoms in total. The van der Waals surface area contributed by atoms with Crippen molar-refractivity contribution in [1.82, 2.24) is 9.80 Å². The highest BCUT2D eigenvalue weighted by molar-refractivity contribution is 8.14. The van der Waals surface area contributed by atoms with Gasteiger partial charge < -0.3 is 14.5 Å². The Kier molecular flexibility index (Phi) is 12.5. The first kappa shape index (κ1) is 37.5. The Balaban J connectivity index is 0.000000226. The van der Waals surface area contributed by atoms with Gasteiger partial charge in [-0.25, -0.2) is 0 Å². The van der Waals surface area contributed by atoms with E-state index in [1.165, 1.54) is 24.6 Å². The molecule has 2 heterocycles. The first-order chi connectivity index (χ1) is 23.4. The number of hydrogen-bond donors (Lipinski definition) is 0. The molecule has 2 aliphatic heterocycles. The minimum Gasteiger partial charge on any atom is -0.486 e. The third kappa shape index (κ3) is 9.01. The topological polar surface area (TPSA) is 128 Å². The third-order valence-corrected chi connectivity index (χ3v) is 10.6. The zero-order chi connectivity index (χ0) is 35.8. The van der Waals surface area contributed by atoms with Crippen LogP contribution in [0.3, 0.4) is 0 Å². The second-order valence-electron chi connectivity index (χ2n) is 14.4. The van der Waals surface area contributed by atoms with Gasteiger partial charge in [0.25, 0.3) is 0 Å². The molecular formula is C39H44N6O2S2. The number of thiocarbonyl (C=S) groups is 1. The molecule has 5 rings (SSSR count). The predicted molar refractivity (Wildman–Crippen MR) is 195 cm³/mol. The quantitative estimate of drug-likeness (QED) is 0.169. The number of nitriles is 4. The van der Waals surface area contributed by atoms with Gasteiger partial charge >= 0.3 is 0 Å². The minimum absolute atomic E-state index is 0.000931. The molecule has 0 aromatic heterocycles. The fourth-order valence-corrected chi connectivity index (χ4v) is 8.27. The Labute approximate surface area is 301 Å². The number of carbonyl (C=O) groups is 1. The van der Waals surface area contributed by atoms with Gasteiger partial charge in [0.15, 0.2) is 5.05 Å². The van der Waals surface area contributed by atoms with Gasteiger partial charge in [0.05, 0.1) is 18.3 Å². The molecule has 0 amide bonds. The van der Waals surface area contributed by atoms with Crippen molar-refractivity contribution >= 4 is 34.1 Å². The highest BCUT2D eigenvalue weighted by Gasteiger charge is 2.39. The summed E-state index contributed by atoms with van der Waals surface area (Å²) in [4.78, 5) is 18.8. The summed E-state index contributed by atoms with van der Waals surface area (Å²) < 4.78 is 5.31. The van der Waals surface area contributed by atoms with Crippen LogP contribution >= 0.6 is 24.0 Å². The van der Waals surface area contributed by atoms with Gasteiger partial charge in [0.2, 0.25) is 5.12 Å². The highest BCUT2D eigenvalue weighted by atomic mass is 32.2. The van der Waals surface area contributed by atoms with E-state index in [0.717, 1.165) is 79.3 Å². The van der Waals surface area contributed by atoms with E-state index in [0.29, 0.717) is 29.0 Å². The van der Waals surface area contributed by atoms with E-state index in [2.05, 4.69) is 37.5 Å². The van der Waals surface area contributed by atoms with E-state index >= 15 is 0 Å². The second kappa shape index (κ2) is 16.4. The molecule has 254 valence electrons. The van der Waals surface area contributed by atoms with Gasteiger partial charge in [-0.3, -0.25) is 4.79 Å². The van der Waals surface area contributed by atoms with Crippen LogP contribution in [-0.4, -0.2) is 53.3 Å². The lowest BCUT2D eigenvalue weighted by molar-refractivity contribution is -0.107. The van der Waals surface area contributed by atoms with Gasteiger partial charge in [-0.2, -0.15) is 21.0 Å². The van der Waals surface area contributed by atoms with Crippen LogP contribution in [0.5, 0.6) is 0 Å². The summed E-state index contributed by atoms with van der Waals surface area (Å²) >= 11 is 6.57. The standard InChI is InChI=1S/C22H23N3OS.C17H21N3OS/c1-22(2)12-18(16(14-23)15-24)20(19(13-22)25-10-6-7-11-25)21(26)27-17-8-4-3-5-9-17;1-17(2)8-13(12(10-18)11-19)15(16(22)21-3)14(9-17)20-6-4-5-7-20/h3-5,8-9H,6-7,10-13H2,1-2H3;4-9H2,1-3H3. The number of nitrogens with zero attached hydrogens (tertiary/aromatic N) is 6. The molecule has 0 saturated carbocycles. The number of likely N-dealkylation sites (tertiary alicyclic amines) is 2. The largest absolute Gasteiger partial charge is 0.486 e. The van der Waals surface area contributed by atoms with Gasteiger partial charge in [-0.1, -0.05) is 45.9 Å². The van der Waals surface area contributed by atoms with E-state index in [1.807, 2.05) is 54.6 Å². The normalized spacial score (nSPS) is 19.5. The van der Waals surface area contributed by atoms with Crippen molar-refractivity contribution in [2.45, 2.75) is 84.0 Å². The maximum absolute atomic E-state index is 13.3. The maximum atomic E-state index is 13.3. The van der Waals surface area contributed by atoms with Crippen LogP contribution in [0.15, 0.2) is 80.1 Å². The Hall–Kier alpha value is -4.35. The molecule has 2 fully saturated rings. The maximum Gasteiger partial charge on any atom is 0.226 e. The molecule has 0 unspecified atom stereocenters. The molecular weight excluding hydrogens is 649 g/mol. The van der Waals surface area contributed by atoms with E-state index < -0.39 is 0 Å². The van der Waals surface area contributed by atoms with Crippen molar-refractivity contribution < 1.29 is 9.53 Å². The second-order valence-corrected chi connectivity index (χ2v) is 15.8. The summed E-state index contributed by atoms with van der Waals surface area (Å²) in [6.07, 6.45) is 7.46. The zero-order valence-corrected chi connectivity index (χ0v) is 30.8. The average molecular weight is 693 g/mol. The van der Waals surface area contributed by atoms with E-state index in [-0.39, 0.29) is 27.1 Å². The lowest BCUT2D eigenvalue weighted by Gasteiger charge is -2.38. The first-order valence-corrected chi connectivity index (χ1v) is 18.0. The van der Waals surface area contributed by atoms with Crippen LogP contribution < -0.4 is 0 Å². The number of thioether (sulfide) groups is 1. The first-order valence-electron chi connectivity index (χ1n) is 16.8. The number of ether oxygens (including phenoxy) is 1. The SMILES string of the molecule is CC1(C)CC(=C(C#N)C#N)C(C(=O)Sc2ccccc2)=C(N2CCCC2)C1.COC(=S)C1=C(N2CCCC2)CC(C)(C)CC1=C(C#N)C#N. The fraction of sp³-hybridized carbons (Fsp3) is 0.487. The lowest BCUT2D eigenvalue weighted by atomic mass is 9.72. The van der Waals surface area contributed by atoms with Crippen LogP contribution in [-0.2, 0) is 9.53 Å². The molecule has 0 atom stereocenters. The molecule has 10 heteroatoms. The molecule has 0 spiro atoms. The number of allylic oxidation sites excluding steroid dienone is 5. The molecule has 0 bridgehead atoms. The molecule has 4 aliphatic rings. The highest BCUT2D eigenvalue weighted by Crippen LogP contribution is 2.47. The van der Waals surface area contributed by atoms with Gasteiger partial charge in [0, 0.05) is 42.5 Å². The van der Waals surface area contributed by atoms with Gasteiger partial charge in [0.1, 0.15) is 35.4 Å². The van der Waals surface area contributed by atoms with Gasteiger partial charge in [-0.15, -0.1) is 0 Å². The third-order valence-electron chi connectivity index (χ3n) is 9.36. The van der Waals surface area contributed by atoms with Crippen LogP contribution in [0.25, 0.3) is 0 Å². The zero-order valence-electron chi connectivity index (χ0n) is 29.2. The predicted octanol–water partition coefficient (Wildman–Crippen LogP) is 8.29.